The van der Waals surface area contributed by atoms with E-state index in [1.165, 1.54) is 6.07 Å². The lowest BCUT2D eigenvalue weighted by Crippen LogP contribution is -2.52. The van der Waals surface area contributed by atoms with Crippen LogP contribution in [-0.4, -0.2) is 77.2 Å². The highest BCUT2D eigenvalue weighted by molar-refractivity contribution is 5.93. The van der Waals surface area contributed by atoms with Crippen molar-refractivity contribution in [1.29, 1.82) is 0 Å². The van der Waals surface area contributed by atoms with Crippen LogP contribution in [-0.2, 0) is 40.3 Å². The smallest absolute Gasteiger partial charge is 0.420 e. The quantitative estimate of drug-likeness (QED) is 0.175. The number of nitrogens with zero attached hydrogens (tertiary/aromatic N) is 6. The van der Waals surface area contributed by atoms with Crippen molar-refractivity contribution in [2.24, 2.45) is 7.05 Å². The number of aromatic nitrogens is 4. The molecular weight excluding hydrogens is 759 g/mol. The summed E-state index contributed by atoms with van der Waals surface area (Å²) in [6.45, 7) is 13.8. The number of anilines is 2. The third-order valence-corrected chi connectivity index (χ3v) is 9.60. The molecule has 0 aliphatic heterocycles. The average molecular weight is 810 g/mol. The van der Waals surface area contributed by atoms with Crippen LogP contribution in [0.3, 0.4) is 0 Å². The van der Waals surface area contributed by atoms with Gasteiger partial charge in [0.2, 0.25) is 11.9 Å². The summed E-state index contributed by atoms with van der Waals surface area (Å²) < 4.78 is 52.5. The lowest BCUT2D eigenvalue weighted by molar-refractivity contribution is -0.137. The molecule has 0 saturated heterocycles. The topological polar surface area (TPSA) is 169 Å². The molecule has 1 fully saturated rings. The minimum Gasteiger partial charge on any atom is -0.465 e. The van der Waals surface area contributed by atoms with E-state index in [1.54, 1.807) is 72.5 Å². The molecule has 2 aromatic heterocycles. The maximum Gasteiger partial charge on any atom is 0.420 e. The van der Waals surface area contributed by atoms with E-state index in [9.17, 15) is 37.5 Å². The van der Waals surface area contributed by atoms with E-state index in [-0.39, 0.29) is 23.8 Å². The van der Waals surface area contributed by atoms with Gasteiger partial charge in [-0.25, -0.2) is 34.2 Å². The van der Waals surface area contributed by atoms with Crippen LogP contribution in [0.1, 0.15) is 96.4 Å². The highest BCUT2D eigenvalue weighted by Gasteiger charge is 2.41. The highest BCUT2D eigenvalue weighted by Crippen LogP contribution is 2.34. The number of carbonyl (C=O) groups is 4. The van der Waals surface area contributed by atoms with Crippen molar-refractivity contribution in [3.63, 3.8) is 0 Å². The van der Waals surface area contributed by atoms with E-state index in [1.807, 2.05) is 19.1 Å². The normalized spacial score (nSPS) is 16.1. The summed E-state index contributed by atoms with van der Waals surface area (Å²) >= 11 is 0. The monoisotopic (exact) mass is 809 g/mol. The van der Waals surface area contributed by atoms with Gasteiger partial charge in [-0.15, -0.1) is 0 Å². The number of fused-ring (bicyclic) bond motifs is 1. The molecule has 0 unspecified atom stereocenters. The molecule has 2 aromatic carbocycles. The number of carboxylic acid groups (broad SMARTS) is 1. The predicted octanol–water partition coefficient (Wildman–Crippen LogP) is 9.07. The Morgan fingerprint density at radius 1 is 0.897 bits per heavy atom. The van der Waals surface area contributed by atoms with Crippen LogP contribution >= 0.6 is 0 Å². The number of amides is 4. The molecular formula is C41H50F3N7O7. The van der Waals surface area contributed by atoms with Crippen molar-refractivity contribution >= 4 is 46.9 Å². The second-order valence-corrected chi connectivity index (χ2v) is 16.4. The molecule has 1 aliphatic carbocycles. The molecule has 5 rings (SSSR count). The van der Waals surface area contributed by atoms with E-state index in [0.29, 0.717) is 54.3 Å². The Balaban J connectivity index is 1.35. The Morgan fingerprint density at radius 3 is 2.05 bits per heavy atom. The first-order valence-corrected chi connectivity index (χ1v) is 19.0. The minimum absolute atomic E-state index is 0.0106. The summed E-state index contributed by atoms with van der Waals surface area (Å²) in [5.74, 6) is -0.326. The molecule has 17 heteroatoms. The maximum atomic E-state index is 13.3. The molecule has 0 spiro atoms. The zero-order valence-corrected chi connectivity index (χ0v) is 34.2. The Morgan fingerprint density at radius 2 is 1.50 bits per heavy atom. The molecule has 58 heavy (non-hydrogen) atoms. The van der Waals surface area contributed by atoms with E-state index in [0.717, 1.165) is 33.1 Å². The van der Waals surface area contributed by atoms with E-state index in [4.69, 9.17) is 14.5 Å². The van der Waals surface area contributed by atoms with Gasteiger partial charge in [-0.1, -0.05) is 13.0 Å². The molecule has 2 heterocycles. The molecule has 1 saturated carbocycles. The summed E-state index contributed by atoms with van der Waals surface area (Å²) in [6.07, 6.45) is -4.45. The number of carbonyl (C=O) groups excluding carboxylic acids is 3. The number of benzene rings is 2. The van der Waals surface area contributed by atoms with Gasteiger partial charge in [-0.2, -0.15) is 18.3 Å². The van der Waals surface area contributed by atoms with Crippen LogP contribution in [0.2, 0.25) is 0 Å². The third-order valence-electron chi connectivity index (χ3n) is 9.60. The number of alkyl halides is 3. The number of nitrogens with one attached hydrogen (secondary N) is 1. The van der Waals surface area contributed by atoms with Crippen LogP contribution < -0.4 is 10.2 Å². The van der Waals surface area contributed by atoms with E-state index >= 15 is 0 Å². The molecule has 1 aliphatic rings. The second-order valence-electron chi connectivity index (χ2n) is 16.4. The van der Waals surface area contributed by atoms with Crippen molar-refractivity contribution in [3.05, 3.63) is 64.8 Å². The van der Waals surface area contributed by atoms with Gasteiger partial charge in [0, 0.05) is 42.3 Å². The fraction of sp³-hybridized carbons (Fsp3) is 0.488. The predicted molar refractivity (Wildman–Crippen MR) is 210 cm³/mol. The summed E-state index contributed by atoms with van der Waals surface area (Å²) in [7, 11) is 1.69. The summed E-state index contributed by atoms with van der Waals surface area (Å²) in [5.41, 5.74) is 0.939. The molecule has 4 aromatic rings. The van der Waals surface area contributed by atoms with Gasteiger partial charge < -0.3 is 19.9 Å². The van der Waals surface area contributed by atoms with Crippen LogP contribution in [0.15, 0.2) is 42.6 Å². The first-order chi connectivity index (χ1) is 26.9. The summed E-state index contributed by atoms with van der Waals surface area (Å²) in [6, 6.07) is 7.54. The van der Waals surface area contributed by atoms with Crippen LogP contribution in [0.25, 0.3) is 22.2 Å². The summed E-state index contributed by atoms with van der Waals surface area (Å²) in [4.78, 5) is 63.5. The first kappa shape index (κ1) is 43.4. The van der Waals surface area contributed by atoms with Crippen molar-refractivity contribution in [2.75, 3.05) is 10.2 Å². The molecule has 0 radical (unpaired) electrons. The van der Waals surface area contributed by atoms with Gasteiger partial charge in [-0.05, 0) is 122 Å². The fourth-order valence-corrected chi connectivity index (χ4v) is 6.91. The number of halogens is 3. The van der Waals surface area contributed by atoms with Gasteiger partial charge in [0.1, 0.15) is 11.2 Å². The van der Waals surface area contributed by atoms with Crippen molar-refractivity contribution in [3.8, 4) is 11.3 Å². The van der Waals surface area contributed by atoms with Crippen molar-refractivity contribution in [2.45, 2.75) is 123 Å². The molecule has 14 nitrogen and oxygen atoms in total. The Hall–Kier alpha value is -5.74. The maximum absolute atomic E-state index is 13.3. The SMILES string of the molecule is CCc1cc(-c2cc(NC(=O)Cc3cc(C(F)(F)F)ccc3C)nn2C)cc2cnc(N(C(=O)O)[C@H]3CC[C@H](N(C(=O)OC(C)(C)C)C(=O)OC(C)(C)C)CC3)nc12. The zero-order chi connectivity index (χ0) is 42.9. The fourth-order valence-electron chi connectivity index (χ4n) is 6.91. The molecule has 4 amide bonds. The summed E-state index contributed by atoms with van der Waals surface area (Å²) in [5, 5.41) is 18.1. The number of hydrogen-bond donors (Lipinski definition) is 2. The number of rotatable bonds is 8. The Bertz CT molecular complexity index is 2170. The standard InChI is InChI=1S/C41H50F3N7O7/c1-10-24-17-26(31-21-32(48-49(31)9)46-33(52)20-25-19-28(41(42,43)44)12-11-23(25)2)18-27-22-45-35(47-34(24)27)50(36(53)54)29-13-15-30(16-14-29)51(37(55)57-39(3,4)5)38(56)58-40(6,7)8/h11-12,17-19,21-22,29-30H,10,13-16,20H2,1-9H3,(H,53,54)(H,46,48,52)/t29-,30-. The van der Waals surface area contributed by atoms with Crippen molar-refractivity contribution in [1.82, 2.24) is 24.6 Å². The largest absolute Gasteiger partial charge is 0.465 e. The van der Waals surface area contributed by atoms with E-state index < -0.39 is 59.2 Å². The number of aryl methyl sites for hydroxylation is 3. The van der Waals surface area contributed by atoms with Gasteiger partial charge in [0.25, 0.3) is 0 Å². The highest BCUT2D eigenvalue weighted by atomic mass is 19.4. The van der Waals surface area contributed by atoms with Crippen LogP contribution in [0.5, 0.6) is 0 Å². The van der Waals surface area contributed by atoms with Crippen LogP contribution in [0, 0.1) is 6.92 Å². The lowest BCUT2D eigenvalue weighted by atomic mass is 9.89. The lowest BCUT2D eigenvalue weighted by Gasteiger charge is -2.38. The Kier molecular flexibility index (Phi) is 12.4. The molecule has 0 atom stereocenters. The number of ether oxygens (including phenoxy) is 2. The van der Waals surface area contributed by atoms with Crippen molar-refractivity contribution < 1.29 is 46.9 Å². The minimum atomic E-state index is -4.53. The molecule has 312 valence electrons. The average Bonchev–Trinajstić information content (AvgIpc) is 3.46. The van der Waals surface area contributed by atoms with Gasteiger partial charge in [0.15, 0.2) is 5.82 Å². The third kappa shape index (κ3) is 10.4. The molecule has 2 N–H and O–H groups in total. The van der Waals surface area contributed by atoms with Gasteiger partial charge >= 0.3 is 24.5 Å². The van der Waals surface area contributed by atoms with Crippen LogP contribution in [0.4, 0.5) is 39.3 Å². The van der Waals surface area contributed by atoms with Gasteiger partial charge in [-0.3, -0.25) is 9.48 Å². The van der Waals surface area contributed by atoms with Gasteiger partial charge in [0.05, 0.1) is 23.2 Å². The number of imide groups is 1. The number of hydrogen-bond acceptors (Lipinski definition) is 9. The zero-order valence-electron chi connectivity index (χ0n) is 34.2. The second kappa shape index (κ2) is 16.6. The van der Waals surface area contributed by atoms with E-state index in [2.05, 4.69) is 15.4 Å². The first-order valence-electron chi connectivity index (χ1n) is 19.0. The Labute approximate surface area is 334 Å². The molecule has 0 bridgehead atoms.